The van der Waals surface area contributed by atoms with Gasteiger partial charge in [0.15, 0.2) is 11.5 Å². The van der Waals surface area contributed by atoms with Crippen LogP contribution in [0.2, 0.25) is 0 Å². The maximum Gasteiger partial charge on any atom is 0.352 e. The summed E-state index contributed by atoms with van der Waals surface area (Å²) in [5, 5.41) is 17.2. The highest BCUT2D eigenvalue weighted by Gasteiger charge is 2.42. The van der Waals surface area contributed by atoms with E-state index in [-0.39, 0.29) is 11.5 Å². The summed E-state index contributed by atoms with van der Waals surface area (Å²) in [5.41, 5.74) is -0.345. The maximum absolute atomic E-state index is 12.7. The number of hydrogen-bond acceptors (Lipinski definition) is 6. The van der Waals surface area contributed by atoms with Crippen molar-refractivity contribution in [3.63, 3.8) is 0 Å². The number of benzene rings is 2. The van der Waals surface area contributed by atoms with Gasteiger partial charge in [-0.1, -0.05) is 12.1 Å². The van der Waals surface area contributed by atoms with Gasteiger partial charge >= 0.3 is 5.97 Å². The number of nitrogens with zero attached hydrogens (tertiary/aromatic N) is 3. The number of fused-ring (bicyclic) bond motifs is 3. The Morgan fingerprint density at radius 1 is 1.19 bits per heavy atom. The molecule has 1 aliphatic rings. The molecule has 3 aromatic rings. The van der Waals surface area contributed by atoms with E-state index in [0.717, 1.165) is 0 Å². The normalized spacial score (nSPS) is 17.4. The van der Waals surface area contributed by atoms with Crippen molar-refractivity contribution < 1.29 is 14.6 Å². The number of methoxy groups -OCH3 is 1. The van der Waals surface area contributed by atoms with E-state index in [4.69, 9.17) is 4.74 Å². The predicted molar refractivity (Wildman–Crippen MR) is 98.6 cm³/mol. The number of nitrogens with one attached hydrogen (secondary N) is 1. The van der Waals surface area contributed by atoms with Gasteiger partial charge in [0.1, 0.15) is 5.75 Å². The molecule has 136 valence electrons. The fourth-order valence-corrected chi connectivity index (χ4v) is 3.05. The summed E-state index contributed by atoms with van der Waals surface area (Å²) in [6.07, 6.45) is 0. The van der Waals surface area contributed by atoms with E-state index < -0.39 is 17.2 Å². The third-order valence-electron chi connectivity index (χ3n) is 4.56. The third-order valence-corrected chi connectivity index (χ3v) is 4.56. The molecule has 1 aliphatic heterocycles. The van der Waals surface area contributed by atoms with Gasteiger partial charge in [-0.25, -0.2) is 9.48 Å². The molecule has 0 spiro atoms. The molecule has 0 unspecified atom stereocenters. The molecule has 0 aliphatic carbocycles. The standard InChI is InChI=1S/C19H16N4O4/c1-19(18(25)26)21-14-6-4-3-5-13(14)16-20-17(24)15(22-23(16)19)11-7-9-12(27-2)10-8-11/h3-10,21H,1-2H3,(H,25,26)/t19-/m1/s1. The van der Waals surface area contributed by atoms with Gasteiger partial charge in [0.2, 0.25) is 5.66 Å². The Morgan fingerprint density at radius 3 is 2.56 bits per heavy atom. The van der Waals surface area contributed by atoms with Crippen molar-refractivity contribution in [2.45, 2.75) is 12.6 Å². The van der Waals surface area contributed by atoms with Gasteiger partial charge in [-0.15, -0.1) is 0 Å². The van der Waals surface area contributed by atoms with Crippen molar-refractivity contribution in [3.8, 4) is 28.4 Å². The van der Waals surface area contributed by atoms with Gasteiger partial charge in [-0.2, -0.15) is 10.1 Å². The first-order valence-corrected chi connectivity index (χ1v) is 8.21. The topological polar surface area (TPSA) is 106 Å². The summed E-state index contributed by atoms with van der Waals surface area (Å²) in [6.45, 7) is 1.48. The number of ether oxygens (including phenoxy) is 1. The number of rotatable bonds is 3. The SMILES string of the molecule is COc1ccc(-c2nn3c(nc2=O)-c2ccccc2N[C@@]3(C)C(=O)O)cc1. The molecular formula is C19H16N4O4. The average molecular weight is 364 g/mol. The largest absolute Gasteiger partial charge is 0.497 e. The monoisotopic (exact) mass is 364 g/mol. The van der Waals surface area contributed by atoms with Crippen LogP contribution in [0.15, 0.2) is 53.3 Å². The predicted octanol–water partition coefficient (Wildman–Crippen LogP) is 2.16. The summed E-state index contributed by atoms with van der Waals surface area (Å²) in [6, 6.07) is 13.8. The van der Waals surface area contributed by atoms with Gasteiger partial charge in [0.05, 0.1) is 7.11 Å². The summed E-state index contributed by atoms with van der Waals surface area (Å²) in [5.74, 6) is -0.302. The third kappa shape index (κ3) is 2.53. The number of carboxylic acids is 1. The molecule has 2 heterocycles. The number of hydrogen-bond donors (Lipinski definition) is 2. The molecule has 4 rings (SSSR count). The highest BCUT2D eigenvalue weighted by molar-refractivity contribution is 5.87. The van der Waals surface area contributed by atoms with Crippen molar-refractivity contribution in [1.82, 2.24) is 14.8 Å². The molecule has 27 heavy (non-hydrogen) atoms. The van der Waals surface area contributed by atoms with Crippen molar-refractivity contribution in [1.29, 1.82) is 0 Å². The number of aromatic nitrogens is 3. The molecular weight excluding hydrogens is 348 g/mol. The zero-order valence-electron chi connectivity index (χ0n) is 14.6. The van der Waals surface area contributed by atoms with Crippen LogP contribution < -0.4 is 15.6 Å². The van der Waals surface area contributed by atoms with E-state index in [1.807, 2.05) is 0 Å². The summed E-state index contributed by atoms with van der Waals surface area (Å²) >= 11 is 0. The fourth-order valence-electron chi connectivity index (χ4n) is 3.05. The average Bonchev–Trinajstić information content (AvgIpc) is 2.68. The second-order valence-corrected chi connectivity index (χ2v) is 6.28. The number of aliphatic carboxylic acids is 1. The Morgan fingerprint density at radius 2 is 1.89 bits per heavy atom. The lowest BCUT2D eigenvalue weighted by Crippen LogP contribution is -2.51. The summed E-state index contributed by atoms with van der Waals surface area (Å²) in [7, 11) is 1.55. The molecule has 2 N–H and O–H groups in total. The van der Waals surface area contributed by atoms with Gasteiger partial charge in [0, 0.05) is 16.8 Å². The molecule has 1 atom stereocenters. The van der Waals surface area contributed by atoms with Crippen LogP contribution in [0.1, 0.15) is 6.92 Å². The van der Waals surface area contributed by atoms with E-state index in [9.17, 15) is 14.7 Å². The summed E-state index contributed by atoms with van der Waals surface area (Å²) < 4.78 is 6.37. The van der Waals surface area contributed by atoms with Crippen LogP contribution in [0.3, 0.4) is 0 Å². The Bertz CT molecular complexity index is 1110. The maximum atomic E-state index is 12.7. The van der Waals surface area contributed by atoms with E-state index in [2.05, 4.69) is 15.4 Å². The van der Waals surface area contributed by atoms with Gasteiger partial charge in [0.25, 0.3) is 5.56 Å². The Hall–Kier alpha value is -3.68. The van der Waals surface area contributed by atoms with E-state index in [0.29, 0.717) is 22.6 Å². The molecule has 0 fully saturated rings. The second kappa shape index (κ2) is 5.94. The van der Waals surface area contributed by atoms with E-state index in [1.54, 1.807) is 55.6 Å². The second-order valence-electron chi connectivity index (χ2n) is 6.28. The zero-order valence-corrected chi connectivity index (χ0v) is 14.6. The Kier molecular flexibility index (Phi) is 3.69. The first kappa shape index (κ1) is 16.8. The Labute approximate surface area is 154 Å². The highest BCUT2D eigenvalue weighted by atomic mass is 16.5. The molecule has 0 radical (unpaired) electrons. The van der Waals surface area contributed by atoms with Crippen LogP contribution in [0.4, 0.5) is 5.69 Å². The lowest BCUT2D eigenvalue weighted by Gasteiger charge is -2.35. The minimum Gasteiger partial charge on any atom is -0.497 e. The number of carbonyl (C=O) groups is 1. The van der Waals surface area contributed by atoms with Crippen molar-refractivity contribution in [2.75, 3.05) is 12.4 Å². The zero-order chi connectivity index (χ0) is 19.2. The van der Waals surface area contributed by atoms with Crippen molar-refractivity contribution in [3.05, 3.63) is 58.9 Å². The molecule has 8 heteroatoms. The van der Waals surface area contributed by atoms with Crippen LogP contribution in [-0.4, -0.2) is 33.0 Å². The minimum atomic E-state index is -1.59. The highest BCUT2D eigenvalue weighted by Crippen LogP contribution is 2.36. The van der Waals surface area contributed by atoms with E-state index >= 15 is 0 Å². The number of para-hydroxylation sites is 1. The van der Waals surface area contributed by atoms with Crippen molar-refractivity contribution >= 4 is 11.7 Å². The molecule has 0 saturated carbocycles. The molecule has 0 saturated heterocycles. The van der Waals surface area contributed by atoms with Crippen LogP contribution >= 0.6 is 0 Å². The molecule has 1 aromatic heterocycles. The fraction of sp³-hybridized carbons (Fsp3) is 0.158. The lowest BCUT2D eigenvalue weighted by molar-refractivity contribution is -0.145. The van der Waals surface area contributed by atoms with Crippen LogP contribution in [0.25, 0.3) is 22.6 Å². The van der Waals surface area contributed by atoms with Crippen LogP contribution in [0.5, 0.6) is 5.75 Å². The first-order valence-electron chi connectivity index (χ1n) is 8.21. The van der Waals surface area contributed by atoms with Crippen LogP contribution in [-0.2, 0) is 10.5 Å². The number of carboxylic acid groups (broad SMARTS) is 1. The molecule has 0 amide bonds. The van der Waals surface area contributed by atoms with Crippen LogP contribution in [0, 0.1) is 0 Å². The summed E-state index contributed by atoms with van der Waals surface area (Å²) in [4.78, 5) is 28.8. The molecule has 8 nitrogen and oxygen atoms in total. The molecule has 0 bridgehead atoms. The quantitative estimate of drug-likeness (QED) is 0.733. The van der Waals surface area contributed by atoms with Crippen molar-refractivity contribution in [2.24, 2.45) is 0 Å². The Balaban J connectivity index is 1.98. The molecule has 2 aromatic carbocycles. The minimum absolute atomic E-state index is 0.0649. The smallest absolute Gasteiger partial charge is 0.352 e. The first-order chi connectivity index (χ1) is 12.9. The van der Waals surface area contributed by atoms with Gasteiger partial charge in [-0.3, -0.25) is 4.79 Å². The lowest BCUT2D eigenvalue weighted by atomic mass is 10.0. The van der Waals surface area contributed by atoms with Gasteiger partial charge < -0.3 is 15.2 Å². The van der Waals surface area contributed by atoms with Gasteiger partial charge in [-0.05, 0) is 43.3 Å². The number of anilines is 1. The van der Waals surface area contributed by atoms with E-state index in [1.165, 1.54) is 11.6 Å².